The third-order valence-electron chi connectivity index (χ3n) is 5.71. The Kier molecular flexibility index (Phi) is 5.40. The average Bonchev–Trinajstić information content (AvgIpc) is 3.38. The lowest BCUT2D eigenvalue weighted by molar-refractivity contribution is 0.252. The molecule has 10 heteroatoms. The van der Waals surface area contributed by atoms with E-state index in [0.29, 0.717) is 11.6 Å². The lowest BCUT2D eigenvalue weighted by Gasteiger charge is -2.34. The maximum Gasteiger partial charge on any atom is 0.214 e. The van der Waals surface area contributed by atoms with Crippen LogP contribution in [0, 0.1) is 11.3 Å². The number of anilines is 1. The second kappa shape index (κ2) is 7.87. The number of fused-ring (bicyclic) bond motifs is 2. The molecule has 0 amide bonds. The van der Waals surface area contributed by atoms with Gasteiger partial charge in [-0.15, -0.1) is 17.5 Å². The van der Waals surface area contributed by atoms with Gasteiger partial charge in [-0.2, -0.15) is 10.4 Å². The van der Waals surface area contributed by atoms with Crippen LogP contribution in [0.25, 0.3) is 27.1 Å². The van der Waals surface area contributed by atoms with Crippen LogP contribution in [0.3, 0.4) is 0 Å². The van der Waals surface area contributed by atoms with E-state index < -0.39 is 0 Å². The Balaban J connectivity index is 0.00000218. The second-order valence-electron chi connectivity index (χ2n) is 7.76. The molecule has 8 nitrogen and oxygen atoms in total. The molecule has 0 bridgehead atoms. The van der Waals surface area contributed by atoms with Crippen LogP contribution >= 0.6 is 23.7 Å². The lowest BCUT2D eigenvalue weighted by Crippen LogP contribution is -2.42. The summed E-state index contributed by atoms with van der Waals surface area (Å²) in [7, 11) is 6.17. The molecule has 1 aliphatic rings. The van der Waals surface area contributed by atoms with Crippen molar-refractivity contribution in [2.45, 2.75) is 18.9 Å². The summed E-state index contributed by atoms with van der Waals surface area (Å²) in [4.78, 5) is 10.3. The van der Waals surface area contributed by atoms with Gasteiger partial charge in [-0.1, -0.05) is 11.3 Å². The third kappa shape index (κ3) is 3.51. The number of benzene rings is 1. The van der Waals surface area contributed by atoms with Crippen molar-refractivity contribution in [1.82, 2.24) is 29.3 Å². The topological polar surface area (TPSA) is 78.3 Å². The fourth-order valence-electron chi connectivity index (χ4n) is 4.00. The fraction of sp³-hybridized carbons (Fsp3) is 0.400. The molecule has 0 spiro atoms. The molecule has 30 heavy (non-hydrogen) atoms. The van der Waals surface area contributed by atoms with Crippen molar-refractivity contribution in [3.05, 3.63) is 30.1 Å². The van der Waals surface area contributed by atoms with Gasteiger partial charge < -0.3 is 9.80 Å². The van der Waals surface area contributed by atoms with Crippen LogP contribution in [0.5, 0.6) is 0 Å². The summed E-state index contributed by atoms with van der Waals surface area (Å²) >= 11 is 1.60. The van der Waals surface area contributed by atoms with Gasteiger partial charge in [-0.3, -0.25) is 4.68 Å². The van der Waals surface area contributed by atoms with Gasteiger partial charge in [-0.05, 0) is 45.1 Å². The molecule has 0 aliphatic carbocycles. The summed E-state index contributed by atoms with van der Waals surface area (Å²) in [5.41, 5.74) is 3.01. The van der Waals surface area contributed by atoms with Gasteiger partial charge in [0, 0.05) is 37.3 Å². The number of rotatable bonds is 3. The molecule has 1 aromatic carbocycles. The summed E-state index contributed by atoms with van der Waals surface area (Å²) in [6, 6.07) is 6.66. The molecule has 1 fully saturated rings. The molecule has 1 saturated heterocycles. The fourth-order valence-corrected chi connectivity index (χ4v) is 4.91. The minimum Gasteiger partial charge on any atom is -0.347 e. The number of likely N-dealkylation sites (tertiary alicyclic amines) is 1. The number of hydrogen-bond acceptors (Lipinski definition) is 7. The molecule has 0 saturated carbocycles. The van der Waals surface area contributed by atoms with Crippen LogP contribution in [0.1, 0.15) is 18.4 Å². The smallest absolute Gasteiger partial charge is 0.214 e. The maximum atomic E-state index is 9.51. The number of halogens is 1. The van der Waals surface area contributed by atoms with Gasteiger partial charge in [-0.25, -0.2) is 9.50 Å². The molecule has 4 aromatic rings. The predicted molar refractivity (Wildman–Crippen MR) is 121 cm³/mol. The first-order valence-electron chi connectivity index (χ1n) is 9.67. The van der Waals surface area contributed by atoms with E-state index in [1.807, 2.05) is 36.1 Å². The first-order chi connectivity index (χ1) is 14.0. The molecule has 1 aliphatic heterocycles. The molecule has 0 atom stereocenters. The van der Waals surface area contributed by atoms with E-state index in [9.17, 15) is 5.26 Å². The number of imidazole rings is 1. The van der Waals surface area contributed by atoms with E-state index in [2.05, 4.69) is 35.1 Å². The Bertz CT molecular complexity index is 1210. The van der Waals surface area contributed by atoms with Crippen LogP contribution in [0.15, 0.2) is 24.5 Å². The molecular weight excluding hydrogens is 420 g/mol. The predicted octanol–water partition coefficient (Wildman–Crippen LogP) is 3.17. The molecule has 0 radical (unpaired) electrons. The Hall–Kier alpha value is -2.67. The quantitative estimate of drug-likeness (QED) is 0.485. The highest BCUT2D eigenvalue weighted by Gasteiger charge is 2.23. The highest BCUT2D eigenvalue weighted by Crippen LogP contribution is 2.31. The van der Waals surface area contributed by atoms with Gasteiger partial charge in [0.25, 0.3) is 0 Å². The summed E-state index contributed by atoms with van der Waals surface area (Å²) in [5, 5.41) is 20.6. The van der Waals surface area contributed by atoms with Crippen LogP contribution in [-0.4, -0.2) is 62.5 Å². The zero-order valence-electron chi connectivity index (χ0n) is 17.1. The zero-order chi connectivity index (χ0) is 20.1. The van der Waals surface area contributed by atoms with Crippen LogP contribution in [0.4, 0.5) is 5.13 Å². The molecule has 156 valence electrons. The molecule has 3 aromatic heterocycles. The third-order valence-corrected chi connectivity index (χ3v) is 6.72. The van der Waals surface area contributed by atoms with Gasteiger partial charge >= 0.3 is 0 Å². The van der Waals surface area contributed by atoms with Gasteiger partial charge in [0.05, 0.1) is 17.5 Å². The van der Waals surface area contributed by atoms with E-state index >= 15 is 0 Å². The SMILES string of the molecule is CN1CCC(N(C)c2nn3cc(-c4cc(C#N)c5nn(C)cc5c4)nc3s2)CC1.Cl. The Morgan fingerprint density at radius 3 is 2.63 bits per heavy atom. The first-order valence-corrected chi connectivity index (χ1v) is 10.5. The van der Waals surface area contributed by atoms with Crippen molar-refractivity contribution in [1.29, 1.82) is 5.26 Å². The van der Waals surface area contributed by atoms with E-state index in [4.69, 9.17) is 10.1 Å². The number of nitrogens with zero attached hydrogens (tertiary/aromatic N) is 8. The zero-order valence-corrected chi connectivity index (χ0v) is 18.7. The monoisotopic (exact) mass is 442 g/mol. The standard InChI is InChI=1S/C20H22N8S.ClH/c1-25-6-4-16(5-7-25)27(3)20-24-28-12-17(22-19(28)29-20)13-8-14(10-21)18-15(9-13)11-26(2)23-18;/h8-9,11-12,16H,4-7H2,1-3H3;1H. The summed E-state index contributed by atoms with van der Waals surface area (Å²) in [6.07, 6.45) is 6.17. The van der Waals surface area contributed by atoms with E-state index in [0.717, 1.165) is 58.2 Å². The number of piperidine rings is 1. The van der Waals surface area contributed by atoms with E-state index in [-0.39, 0.29) is 12.4 Å². The molecule has 0 N–H and O–H groups in total. The average molecular weight is 443 g/mol. The normalized spacial score (nSPS) is 15.4. The van der Waals surface area contributed by atoms with Gasteiger partial charge in [0.15, 0.2) is 0 Å². The summed E-state index contributed by atoms with van der Waals surface area (Å²) in [5.74, 6) is 0. The highest BCUT2D eigenvalue weighted by molar-refractivity contribution is 7.20. The second-order valence-corrected chi connectivity index (χ2v) is 8.69. The number of nitriles is 1. The van der Waals surface area contributed by atoms with Crippen LogP contribution in [0.2, 0.25) is 0 Å². The maximum absolute atomic E-state index is 9.51. The molecule has 4 heterocycles. The Morgan fingerprint density at radius 2 is 1.93 bits per heavy atom. The van der Waals surface area contributed by atoms with Crippen molar-refractivity contribution in [2.75, 3.05) is 32.1 Å². The van der Waals surface area contributed by atoms with Crippen molar-refractivity contribution >= 4 is 44.7 Å². The van der Waals surface area contributed by atoms with E-state index in [1.54, 1.807) is 16.0 Å². The van der Waals surface area contributed by atoms with Crippen LogP contribution in [-0.2, 0) is 7.05 Å². The van der Waals surface area contributed by atoms with Crippen LogP contribution < -0.4 is 4.90 Å². The summed E-state index contributed by atoms with van der Waals surface area (Å²) in [6.45, 7) is 2.25. The Labute approximate surface area is 184 Å². The minimum atomic E-state index is 0. The van der Waals surface area contributed by atoms with Crippen molar-refractivity contribution in [3.63, 3.8) is 0 Å². The van der Waals surface area contributed by atoms with Crippen molar-refractivity contribution in [2.24, 2.45) is 7.05 Å². The van der Waals surface area contributed by atoms with E-state index in [1.165, 1.54) is 0 Å². The largest absolute Gasteiger partial charge is 0.347 e. The molecule has 5 rings (SSSR count). The molecular formula is C20H23ClN8S. The lowest BCUT2D eigenvalue weighted by atomic mass is 10.1. The number of aromatic nitrogens is 5. The van der Waals surface area contributed by atoms with Gasteiger partial charge in [0.1, 0.15) is 11.6 Å². The Morgan fingerprint density at radius 1 is 1.17 bits per heavy atom. The minimum absolute atomic E-state index is 0. The summed E-state index contributed by atoms with van der Waals surface area (Å²) < 4.78 is 3.58. The van der Waals surface area contributed by atoms with Crippen molar-refractivity contribution in [3.8, 4) is 17.3 Å². The first kappa shape index (κ1) is 20.6. The van der Waals surface area contributed by atoms with Crippen molar-refractivity contribution < 1.29 is 0 Å². The number of aryl methyl sites for hydroxylation is 1. The van der Waals surface area contributed by atoms with Gasteiger partial charge in [0.2, 0.25) is 10.1 Å². The number of hydrogen-bond donors (Lipinski definition) is 0. The highest BCUT2D eigenvalue weighted by atomic mass is 35.5. The molecule has 0 unspecified atom stereocenters.